The van der Waals surface area contributed by atoms with Crippen LogP contribution < -0.4 is 5.01 Å². The summed E-state index contributed by atoms with van der Waals surface area (Å²) in [5, 5.41) is 13.5. The molecule has 0 bridgehead atoms. The first-order valence-corrected chi connectivity index (χ1v) is 5.65. The van der Waals surface area contributed by atoms with E-state index in [1.807, 2.05) is 0 Å². The van der Waals surface area contributed by atoms with E-state index in [0.717, 1.165) is 5.01 Å². The summed E-state index contributed by atoms with van der Waals surface area (Å²) in [6.45, 7) is 2.92. The Bertz CT molecular complexity index is 690. The number of anilines is 1. The van der Waals surface area contributed by atoms with Crippen molar-refractivity contribution in [3.8, 4) is 0 Å². The summed E-state index contributed by atoms with van der Waals surface area (Å²) in [7, 11) is 0. The molecule has 0 fully saturated rings. The SMILES string of the molecule is CC1=NN(c2ccc(C(=O)O)cc2C)C(=O)C(=O)C1=O. The average molecular weight is 274 g/mol. The second-order valence-electron chi connectivity index (χ2n) is 4.27. The molecule has 2 rings (SSSR count). The van der Waals surface area contributed by atoms with Gasteiger partial charge in [-0.1, -0.05) is 0 Å². The minimum absolute atomic E-state index is 0.0545. The van der Waals surface area contributed by atoms with Crippen molar-refractivity contribution in [2.75, 3.05) is 5.01 Å². The van der Waals surface area contributed by atoms with Gasteiger partial charge in [0.25, 0.3) is 11.6 Å². The van der Waals surface area contributed by atoms with Gasteiger partial charge in [0, 0.05) is 0 Å². The molecule has 0 aliphatic carbocycles. The first kappa shape index (κ1) is 13.6. The van der Waals surface area contributed by atoms with Crippen LogP contribution in [0.25, 0.3) is 0 Å². The van der Waals surface area contributed by atoms with E-state index in [2.05, 4.69) is 5.10 Å². The van der Waals surface area contributed by atoms with Crippen LogP contribution in [0.15, 0.2) is 23.3 Å². The summed E-state index contributed by atoms with van der Waals surface area (Å²) >= 11 is 0. The van der Waals surface area contributed by atoms with Crippen molar-refractivity contribution < 1.29 is 24.3 Å². The molecule has 7 heteroatoms. The third-order valence-electron chi connectivity index (χ3n) is 2.84. The first-order valence-electron chi connectivity index (χ1n) is 5.65. The number of aryl methyl sites for hydroxylation is 1. The molecule has 0 spiro atoms. The summed E-state index contributed by atoms with van der Waals surface area (Å²) < 4.78 is 0. The maximum absolute atomic E-state index is 11.8. The fourth-order valence-electron chi connectivity index (χ4n) is 1.79. The van der Waals surface area contributed by atoms with Crippen molar-refractivity contribution >= 4 is 34.8 Å². The number of carboxylic acid groups (broad SMARTS) is 1. The zero-order valence-electron chi connectivity index (χ0n) is 10.7. The molecule has 1 heterocycles. The van der Waals surface area contributed by atoms with Gasteiger partial charge in [-0.25, -0.2) is 4.79 Å². The second-order valence-corrected chi connectivity index (χ2v) is 4.27. The molecule has 7 nitrogen and oxygen atoms in total. The molecule has 102 valence electrons. The normalized spacial score (nSPS) is 15.4. The van der Waals surface area contributed by atoms with Crippen molar-refractivity contribution in [2.24, 2.45) is 5.10 Å². The number of carboxylic acids is 1. The van der Waals surface area contributed by atoms with Crippen molar-refractivity contribution in [2.45, 2.75) is 13.8 Å². The van der Waals surface area contributed by atoms with Crippen molar-refractivity contribution in [3.63, 3.8) is 0 Å². The summed E-state index contributed by atoms with van der Waals surface area (Å²) in [4.78, 5) is 45.5. The van der Waals surface area contributed by atoms with Gasteiger partial charge in [0.05, 0.1) is 11.3 Å². The van der Waals surface area contributed by atoms with Gasteiger partial charge >= 0.3 is 11.9 Å². The predicted molar refractivity (Wildman–Crippen MR) is 68.7 cm³/mol. The van der Waals surface area contributed by atoms with E-state index in [1.165, 1.54) is 25.1 Å². The Labute approximate surface area is 113 Å². The lowest BCUT2D eigenvalue weighted by Gasteiger charge is -2.22. The molecule has 0 saturated heterocycles. The molecule has 0 aromatic heterocycles. The Balaban J connectivity index is 2.52. The minimum Gasteiger partial charge on any atom is -0.478 e. The number of hydrazone groups is 1. The molecule has 1 aromatic carbocycles. The van der Waals surface area contributed by atoms with Crippen LogP contribution in [0.2, 0.25) is 0 Å². The van der Waals surface area contributed by atoms with Crippen LogP contribution >= 0.6 is 0 Å². The zero-order valence-corrected chi connectivity index (χ0v) is 10.7. The maximum Gasteiger partial charge on any atom is 0.335 e. The highest BCUT2D eigenvalue weighted by atomic mass is 16.4. The Morgan fingerprint density at radius 3 is 2.35 bits per heavy atom. The van der Waals surface area contributed by atoms with Gasteiger partial charge in [0.15, 0.2) is 0 Å². The third-order valence-corrected chi connectivity index (χ3v) is 2.84. The summed E-state index contributed by atoms with van der Waals surface area (Å²) in [6.07, 6.45) is 0. The quantitative estimate of drug-likeness (QED) is 0.793. The highest BCUT2D eigenvalue weighted by Crippen LogP contribution is 2.24. The summed E-state index contributed by atoms with van der Waals surface area (Å²) in [5.41, 5.74) is 0.687. The van der Waals surface area contributed by atoms with Crippen LogP contribution in [0.1, 0.15) is 22.8 Å². The second kappa shape index (κ2) is 4.69. The van der Waals surface area contributed by atoms with E-state index in [1.54, 1.807) is 6.92 Å². The Hall–Kier alpha value is -2.83. The molecule has 0 radical (unpaired) electrons. The van der Waals surface area contributed by atoms with Gasteiger partial charge in [0.2, 0.25) is 0 Å². The number of ketones is 2. The smallest absolute Gasteiger partial charge is 0.335 e. The van der Waals surface area contributed by atoms with Gasteiger partial charge in [-0.05, 0) is 37.6 Å². The lowest BCUT2D eigenvalue weighted by Crippen LogP contribution is -2.45. The third kappa shape index (κ3) is 2.09. The van der Waals surface area contributed by atoms with Gasteiger partial charge in [0.1, 0.15) is 5.71 Å². The standard InChI is InChI=1S/C13H10N2O5/c1-6-5-8(13(19)20)3-4-9(6)15-12(18)11(17)10(16)7(2)14-15/h3-5H,1-2H3,(H,19,20). The molecular weight excluding hydrogens is 264 g/mol. The van der Waals surface area contributed by atoms with E-state index < -0.39 is 23.4 Å². The first-order chi connectivity index (χ1) is 9.32. The van der Waals surface area contributed by atoms with E-state index in [4.69, 9.17) is 5.11 Å². The molecule has 1 N–H and O–H groups in total. The van der Waals surface area contributed by atoms with Crippen LogP contribution in [0, 0.1) is 6.92 Å². The number of hydrogen-bond acceptors (Lipinski definition) is 5. The average Bonchev–Trinajstić information content (AvgIpc) is 2.40. The number of nitrogens with zero attached hydrogens (tertiary/aromatic N) is 2. The largest absolute Gasteiger partial charge is 0.478 e. The number of carbonyl (C=O) groups excluding carboxylic acids is 3. The molecule has 20 heavy (non-hydrogen) atoms. The number of Topliss-reactive ketones (excluding diaryl/α,β-unsaturated/α-hetero) is 2. The molecule has 1 amide bonds. The van der Waals surface area contributed by atoms with Crippen molar-refractivity contribution in [1.82, 2.24) is 0 Å². The number of carbonyl (C=O) groups is 4. The van der Waals surface area contributed by atoms with Crippen LogP contribution in [0.5, 0.6) is 0 Å². The van der Waals surface area contributed by atoms with E-state index in [-0.39, 0.29) is 17.0 Å². The zero-order chi connectivity index (χ0) is 15.0. The predicted octanol–water partition coefficient (Wildman–Crippen LogP) is 0.554. The maximum atomic E-state index is 11.8. The molecular formula is C13H10N2O5. The molecule has 1 aromatic rings. The van der Waals surface area contributed by atoms with Crippen molar-refractivity contribution in [3.05, 3.63) is 29.3 Å². The Kier molecular flexibility index (Phi) is 3.19. The number of benzene rings is 1. The number of rotatable bonds is 2. The highest BCUT2D eigenvalue weighted by Gasteiger charge is 2.36. The molecule has 1 aliphatic heterocycles. The van der Waals surface area contributed by atoms with Gasteiger partial charge in [-0.3, -0.25) is 14.4 Å². The van der Waals surface area contributed by atoms with E-state index in [9.17, 15) is 19.2 Å². The summed E-state index contributed by atoms with van der Waals surface area (Å²) in [5.74, 6) is -4.23. The van der Waals surface area contributed by atoms with Crippen LogP contribution in [0.4, 0.5) is 5.69 Å². The van der Waals surface area contributed by atoms with E-state index >= 15 is 0 Å². The summed E-state index contributed by atoms with van der Waals surface area (Å²) in [6, 6.07) is 4.02. The molecule has 1 aliphatic rings. The fourth-order valence-corrected chi connectivity index (χ4v) is 1.79. The Morgan fingerprint density at radius 1 is 1.15 bits per heavy atom. The van der Waals surface area contributed by atoms with Crippen LogP contribution in [-0.4, -0.2) is 34.3 Å². The van der Waals surface area contributed by atoms with E-state index in [0.29, 0.717) is 5.56 Å². The monoisotopic (exact) mass is 274 g/mol. The highest BCUT2D eigenvalue weighted by molar-refractivity contribution is 6.81. The topological polar surface area (TPSA) is 104 Å². The minimum atomic E-state index is -1.15. The number of aromatic carboxylic acids is 1. The molecule has 0 saturated carbocycles. The Morgan fingerprint density at radius 2 is 1.80 bits per heavy atom. The lowest BCUT2D eigenvalue weighted by molar-refractivity contribution is -0.142. The number of amides is 1. The fraction of sp³-hybridized carbons (Fsp3) is 0.154. The van der Waals surface area contributed by atoms with Gasteiger partial charge in [-0.15, -0.1) is 0 Å². The van der Waals surface area contributed by atoms with Crippen LogP contribution in [0.3, 0.4) is 0 Å². The molecule has 0 atom stereocenters. The lowest BCUT2D eigenvalue weighted by atomic mass is 10.1. The number of hydrogen-bond donors (Lipinski definition) is 1. The molecule has 0 unspecified atom stereocenters. The van der Waals surface area contributed by atoms with Crippen LogP contribution in [-0.2, 0) is 14.4 Å². The van der Waals surface area contributed by atoms with Crippen molar-refractivity contribution in [1.29, 1.82) is 0 Å². The van der Waals surface area contributed by atoms with Gasteiger partial charge < -0.3 is 5.11 Å². The van der Waals surface area contributed by atoms with Gasteiger partial charge in [-0.2, -0.15) is 10.1 Å².